The predicted octanol–water partition coefficient (Wildman–Crippen LogP) is 1.44. The van der Waals surface area contributed by atoms with E-state index in [1.165, 1.54) is 0 Å². The zero-order valence-corrected chi connectivity index (χ0v) is 14.5. The minimum Gasteiger partial charge on any atom is -0.355 e. The van der Waals surface area contributed by atoms with Crippen molar-refractivity contribution in [2.75, 3.05) is 12.8 Å². The topological polar surface area (TPSA) is 85.8 Å². The Morgan fingerprint density at radius 1 is 1.43 bits per heavy atom. The van der Waals surface area contributed by atoms with Gasteiger partial charge in [-0.3, -0.25) is 4.79 Å². The van der Waals surface area contributed by atoms with Gasteiger partial charge in [-0.25, -0.2) is 0 Å². The smallest absolute Gasteiger partial charge is 0.239 e. The average molecular weight is 313 g/mol. The molecule has 0 saturated heterocycles. The van der Waals surface area contributed by atoms with E-state index >= 15 is 0 Å². The van der Waals surface area contributed by atoms with Crippen LogP contribution in [0.15, 0.2) is 5.16 Å². The van der Waals surface area contributed by atoms with Crippen LogP contribution in [0.2, 0.25) is 0 Å². The molecule has 0 unspecified atom stereocenters. The number of hydrogen-bond acceptors (Lipinski definition) is 5. The van der Waals surface area contributed by atoms with Gasteiger partial charge in [0, 0.05) is 19.5 Å². The minimum atomic E-state index is -0.830. The van der Waals surface area contributed by atoms with Gasteiger partial charge < -0.3 is 15.6 Å². The molecule has 21 heavy (non-hydrogen) atoms. The summed E-state index contributed by atoms with van der Waals surface area (Å²) in [5.74, 6) is 1.40. The zero-order valence-electron chi connectivity index (χ0n) is 13.6. The molecule has 0 aliphatic rings. The minimum absolute atomic E-state index is 0.129. The van der Waals surface area contributed by atoms with Gasteiger partial charge in [0.05, 0.1) is 5.54 Å². The number of carbonyl (C=O) groups excluding carboxylic acids is 1. The first-order valence-electron chi connectivity index (χ1n) is 7.29. The first-order valence-corrected chi connectivity index (χ1v) is 8.51. The highest BCUT2D eigenvalue weighted by Gasteiger charge is 2.21. The number of thioether (sulfide) groups is 1. The van der Waals surface area contributed by atoms with Gasteiger partial charge in [0.1, 0.15) is 5.82 Å². The molecule has 0 aliphatic heterocycles. The maximum atomic E-state index is 11.7. The van der Waals surface area contributed by atoms with E-state index in [4.69, 9.17) is 5.73 Å². The first-order chi connectivity index (χ1) is 9.75. The lowest BCUT2D eigenvalue weighted by Gasteiger charge is -2.17. The lowest BCUT2D eigenvalue weighted by molar-refractivity contribution is -0.125. The maximum Gasteiger partial charge on any atom is 0.239 e. The Labute approximate surface area is 131 Å². The normalized spacial score (nSPS) is 12.0. The van der Waals surface area contributed by atoms with Gasteiger partial charge >= 0.3 is 0 Å². The van der Waals surface area contributed by atoms with Gasteiger partial charge in [-0.1, -0.05) is 25.6 Å². The van der Waals surface area contributed by atoms with Crippen LogP contribution in [0.3, 0.4) is 0 Å². The largest absolute Gasteiger partial charge is 0.355 e. The van der Waals surface area contributed by atoms with Crippen LogP contribution < -0.4 is 11.1 Å². The third-order valence-electron chi connectivity index (χ3n) is 2.97. The summed E-state index contributed by atoms with van der Waals surface area (Å²) < 4.78 is 2.17. The summed E-state index contributed by atoms with van der Waals surface area (Å²) in [6.45, 7) is 9.27. The van der Waals surface area contributed by atoms with E-state index in [9.17, 15) is 4.79 Å². The second-order valence-corrected chi connectivity index (χ2v) is 6.96. The molecule has 0 aliphatic carbocycles. The third-order valence-corrected chi connectivity index (χ3v) is 3.64. The molecule has 0 bridgehead atoms. The summed E-state index contributed by atoms with van der Waals surface area (Å²) >= 11 is 1.61. The van der Waals surface area contributed by atoms with Crippen molar-refractivity contribution in [2.45, 2.75) is 57.8 Å². The van der Waals surface area contributed by atoms with E-state index in [0.717, 1.165) is 30.4 Å². The molecule has 0 atom stereocenters. The summed E-state index contributed by atoms with van der Waals surface area (Å²) in [6.07, 6.45) is 3.63. The van der Waals surface area contributed by atoms with Crippen LogP contribution in [0, 0.1) is 5.92 Å². The number of amides is 1. The molecule has 0 fully saturated rings. The van der Waals surface area contributed by atoms with E-state index < -0.39 is 5.54 Å². The number of carbonyl (C=O) groups is 1. The van der Waals surface area contributed by atoms with E-state index in [1.807, 2.05) is 6.26 Å². The molecule has 1 aromatic heterocycles. The van der Waals surface area contributed by atoms with Crippen molar-refractivity contribution in [3.63, 3.8) is 0 Å². The molecule has 0 spiro atoms. The summed E-state index contributed by atoms with van der Waals surface area (Å²) in [7, 11) is 0. The molecule has 6 nitrogen and oxygen atoms in total. The van der Waals surface area contributed by atoms with E-state index in [-0.39, 0.29) is 5.91 Å². The standard InChI is InChI=1S/C14H27N5OS/c1-10(2)9-19-11(17-18-13(19)21-5)7-6-8-16-12(20)14(3,4)15/h10H,6-9,15H2,1-5H3,(H,16,20). The second-order valence-electron chi connectivity index (χ2n) is 6.19. The Kier molecular flexibility index (Phi) is 6.67. The number of nitrogens with one attached hydrogen (secondary N) is 1. The van der Waals surface area contributed by atoms with Crippen LogP contribution in [-0.2, 0) is 17.8 Å². The Morgan fingerprint density at radius 3 is 2.62 bits per heavy atom. The molecule has 1 rings (SSSR count). The van der Waals surface area contributed by atoms with Crippen LogP contribution in [0.5, 0.6) is 0 Å². The van der Waals surface area contributed by atoms with E-state index in [2.05, 4.69) is 33.9 Å². The molecule has 0 saturated carbocycles. The number of rotatable bonds is 8. The average Bonchev–Trinajstić information content (AvgIpc) is 2.74. The number of aryl methyl sites for hydroxylation is 1. The molecule has 1 amide bonds. The SMILES string of the molecule is CSc1nnc(CCCNC(=O)C(C)(C)N)n1CC(C)C. The van der Waals surface area contributed by atoms with Gasteiger partial charge in [0.25, 0.3) is 0 Å². The fourth-order valence-electron chi connectivity index (χ4n) is 1.88. The molecule has 1 aromatic rings. The molecule has 7 heteroatoms. The lowest BCUT2D eigenvalue weighted by atomic mass is 10.1. The fourth-order valence-corrected chi connectivity index (χ4v) is 2.40. The summed E-state index contributed by atoms with van der Waals surface area (Å²) in [4.78, 5) is 11.7. The van der Waals surface area contributed by atoms with Gasteiger partial charge in [-0.2, -0.15) is 0 Å². The quantitative estimate of drug-likeness (QED) is 0.560. The zero-order chi connectivity index (χ0) is 16.0. The highest BCUT2D eigenvalue weighted by molar-refractivity contribution is 7.98. The molecule has 0 radical (unpaired) electrons. The second kappa shape index (κ2) is 7.79. The van der Waals surface area contributed by atoms with Crippen molar-refractivity contribution in [3.8, 4) is 0 Å². The monoisotopic (exact) mass is 313 g/mol. The van der Waals surface area contributed by atoms with Crippen LogP contribution in [0.25, 0.3) is 0 Å². The number of aromatic nitrogens is 3. The van der Waals surface area contributed by atoms with Crippen molar-refractivity contribution in [3.05, 3.63) is 5.82 Å². The lowest BCUT2D eigenvalue weighted by Crippen LogP contribution is -2.49. The Morgan fingerprint density at radius 2 is 2.10 bits per heavy atom. The summed E-state index contributed by atoms with van der Waals surface area (Å²) in [5, 5.41) is 12.3. The number of nitrogens with two attached hydrogens (primary N) is 1. The third kappa shape index (κ3) is 5.67. The summed E-state index contributed by atoms with van der Waals surface area (Å²) in [6, 6.07) is 0. The molecular weight excluding hydrogens is 286 g/mol. The highest BCUT2D eigenvalue weighted by atomic mass is 32.2. The first kappa shape index (κ1) is 18.0. The molecular formula is C14H27N5OS. The predicted molar refractivity (Wildman–Crippen MR) is 86.2 cm³/mol. The molecule has 120 valence electrons. The maximum absolute atomic E-state index is 11.7. The molecule has 1 heterocycles. The van der Waals surface area contributed by atoms with Crippen molar-refractivity contribution in [1.82, 2.24) is 20.1 Å². The molecule has 0 aromatic carbocycles. The fraction of sp³-hybridized carbons (Fsp3) is 0.786. The Bertz CT molecular complexity index is 464. The van der Waals surface area contributed by atoms with Crippen molar-refractivity contribution >= 4 is 17.7 Å². The van der Waals surface area contributed by atoms with Gasteiger partial charge in [-0.05, 0) is 32.4 Å². The van der Waals surface area contributed by atoms with Crippen LogP contribution in [-0.4, -0.2) is 39.0 Å². The van der Waals surface area contributed by atoms with Crippen molar-refractivity contribution in [1.29, 1.82) is 0 Å². The Balaban J connectivity index is 2.52. The Hall–Kier alpha value is -1.08. The number of hydrogen-bond donors (Lipinski definition) is 2. The van der Waals surface area contributed by atoms with Crippen LogP contribution >= 0.6 is 11.8 Å². The van der Waals surface area contributed by atoms with Crippen molar-refractivity contribution in [2.24, 2.45) is 11.7 Å². The highest BCUT2D eigenvalue weighted by Crippen LogP contribution is 2.16. The van der Waals surface area contributed by atoms with E-state index in [0.29, 0.717) is 12.5 Å². The van der Waals surface area contributed by atoms with Crippen molar-refractivity contribution < 1.29 is 4.79 Å². The number of nitrogens with zero attached hydrogens (tertiary/aromatic N) is 3. The van der Waals surface area contributed by atoms with Gasteiger partial charge in [-0.15, -0.1) is 10.2 Å². The van der Waals surface area contributed by atoms with E-state index in [1.54, 1.807) is 25.6 Å². The summed E-state index contributed by atoms with van der Waals surface area (Å²) in [5.41, 5.74) is 4.90. The van der Waals surface area contributed by atoms with Gasteiger partial charge in [0.2, 0.25) is 5.91 Å². The van der Waals surface area contributed by atoms with Crippen LogP contribution in [0.4, 0.5) is 0 Å². The molecule has 3 N–H and O–H groups in total. The van der Waals surface area contributed by atoms with Crippen LogP contribution in [0.1, 0.15) is 39.9 Å². The van der Waals surface area contributed by atoms with Gasteiger partial charge in [0.15, 0.2) is 5.16 Å².